The first-order chi connectivity index (χ1) is 5.58. The lowest BCUT2D eigenvalue weighted by Gasteiger charge is -2.27. The highest BCUT2D eigenvalue weighted by molar-refractivity contribution is 5.04. The summed E-state index contributed by atoms with van der Waals surface area (Å²) in [6.45, 7) is 6.20. The number of nitrogens with zero attached hydrogens (tertiary/aromatic N) is 2. The summed E-state index contributed by atoms with van der Waals surface area (Å²) in [5, 5.41) is 19.4. The second kappa shape index (κ2) is 3.23. The van der Waals surface area contributed by atoms with Gasteiger partial charge < -0.3 is 5.11 Å². The van der Waals surface area contributed by atoms with Crippen molar-refractivity contribution in [3.05, 3.63) is 11.9 Å². The van der Waals surface area contributed by atoms with Crippen LogP contribution in [0.2, 0.25) is 0 Å². The molecule has 1 unspecified atom stereocenters. The molecule has 0 aromatic carbocycles. The third-order valence-corrected chi connectivity index (χ3v) is 2.46. The van der Waals surface area contributed by atoms with Gasteiger partial charge in [0.1, 0.15) is 0 Å². The highest BCUT2D eigenvalue weighted by atomic mass is 16.3. The van der Waals surface area contributed by atoms with E-state index in [4.69, 9.17) is 5.11 Å². The summed E-state index contributed by atoms with van der Waals surface area (Å²) in [7, 11) is 0. The molecular formula is C8H15N3O. The summed E-state index contributed by atoms with van der Waals surface area (Å²) in [5.74, 6) is 0.209. The largest absolute Gasteiger partial charge is 0.396 e. The van der Waals surface area contributed by atoms with Crippen molar-refractivity contribution < 1.29 is 5.11 Å². The molecule has 68 valence electrons. The molecule has 12 heavy (non-hydrogen) atoms. The van der Waals surface area contributed by atoms with Crippen LogP contribution >= 0.6 is 0 Å². The van der Waals surface area contributed by atoms with Crippen LogP contribution in [0, 0.1) is 5.41 Å². The third kappa shape index (κ3) is 1.64. The van der Waals surface area contributed by atoms with Crippen LogP contribution in [0.4, 0.5) is 0 Å². The van der Waals surface area contributed by atoms with Crippen LogP contribution in [-0.2, 0) is 0 Å². The van der Waals surface area contributed by atoms with Gasteiger partial charge in [0.25, 0.3) is 0 Å². The Hall–Kier alpha value is -0.900. The Morgan fingerprint density at radius 2 is 2.33 bits per heavy atom. The van der Waals surface area contributed by atoms with Crippen LogP contribution in [0.1, 0.15) is 32.4 Å². The molecule has 0 fully saturated rings. The highest BCUT2D eigenvalue weighted by Crippen LogP contribution is 2.32. The topological polar surface area (TPSA) is 61.8 Å². The Kier molecular flexibility index (Phi) is 2.47. The predicted octanol–water partition coefficient (Wildman–Crippen LogP) is 0.927. The Morgan fingerprint density at radius 3 is 2.75 bits per heavy atom. The lowest BCUT2D eigenvalue weighted by Crippen LogP contribution is -2.24. The van der Waals surface area contributed by atoms with Crippen molar-refractivity contribution in [2.45, 2.75) is 26.7 Å². The summed E-state index contributed by atoms with van der Waals surface area (Å²) in [6, 6.07) is 0. The number of hydrogen-bond acceptors (Lipinski definition) is 3. The Morgan fingerprint density at radius 1 is 1.67 bits per heavy atom. The molecule has 1 aromatic rings. The molecule has 2 N–H and O–H groups in total. The zero-order valence-corrected chi connectivity index (χ0v) is 7.70. The van der Waals surface area contributed by atoms with Crippen LogP contribution in [-0.4, -0.2) is 27.1 Å². The fourth-order valence-electron chi connectivity index (χ4n) is 0.956. The molecule has 0 aliphatic rings. The average Bonchev–Trinajstić information content (AvgIpc) is 2.55. The van der Waals surface area contributed by atoms with Crippen molar-refractivity contribution in [2.75, 3.05) is 6.61 Å². The summed E-state index contributed by atoms with van der Waals surface area (Å²) < 4.78 is 0. The number of hydrogen-bond donors (Lipinski definition) is 2. The Balaban J connectivity index is 2.78. The zero-order chi connectivity index (χ0) is 9.19. The van der Waals surface area contributed by atoms with E-state index in [0.29, 0.717) is 0 Å². The normalized spacial score (nSPS) is 14.7. The maximum absolute atomic E-state index is 9.10. The van der Waals surface area contributed by atoms with Crippen LogP contribution in [0.15, 0.2) is 6.20 Å². The fraction of sp³-hybridized carbons (Fsp3) is 0.750. The molecule has 0 amide bonds. The fourth-order valence-corrected chi connectivity index (χ4v) is 0.956. The first-order valence-corrected chi connectivity index (χ1v) is 4.04. The molecule has 0 bridgehead atoms. The molecular weight excluding hydrogens is 154 g/mol. The van der Waals surface area contributed by atoms with E-state index < -0.39 is 0 Å². The van der Waals surface area contributed by atoms with Gasteiger partial charge in [-0.25, -0.2) is 0 Å². The van der Waals surface area contributed by atoms with Gasteiger partial charge in [0, 0.05) is 12.5 Å². The smallest absolute Gasteiger partial charge is 0.0858 e. The van der Waals surface area contributed by atoms with Gasteiger partial charge in [-0.2, -0.15) is 15.4 Å². The van der Waals surface area contributed by atoms with Crippen molar-refractivity contribution in [2.24, 2.45) is 5.41 Å². The van der Waals surface area contributed by atoms with Gasteiger partial charge in [-0.15, -0.1) is 0 Å². The van der Waals surface area contributed by atoms with Gasteiger partial charge in [0.15, 0.2) is 0 Å². The number of aromatic nitrogens is 3. The Bertz CT molecular complexity index is 230. The van der Waals surface area contributed by atoms with Crippen molar-refractivity contribution in [1.29, 1.82) is 0 Å². The lowest BCUT2D eigenvalue weighted by atomic mass is 9.79. The maximum Gasteiger partial charge on any atom is 0.0858 e. The minimum atomic E-state index is -0.142. The quantitative estimate of drug-likeness (QED) is 0.707. The van der Waals surface area contributed by atoms with Gasteiger partial charge >= 0.3 is 0 Å². The van der Waals surface area contributed by atoms with Crippen LogP contribution < -0.4 is 0 Å². The monoisotopic (exact) mass is 169 g/mol. The summed E-state index contributed by atoms with van der Waals surface area (Å²) >= 11 is 0. The summed E-state index contributed by atoms with van der Waals surface area (Å²) in [4.78, 5) is 0. The number of nitrogens with one attached hydrogen (secondary N) is 1. The van der Waals surface area contributed by atoms with Gasteiger partial charge in [0.05, 0.1) is 11.9 Å². The van der Waals surface area contributed by atoms with Gasteiger partial charge in [-0.05, 0) is 5.41 Å². The molecule has 0 aliphatic heterocycles. The van der Waals surface area contributed by atoms with Crippen molar-refractivity contribution >= 4 is 0 Å². The minimum Gasteiger partial charge on any atom is -0.396 e. The van der Waals surface area contributed by atoms with E-state index in [2.05, 4.69) is 15.4 Å². The molecule has 0 saturated carbocycles. The molecule has 0 aliphatic carbocycles. The van der Waals surface area contributed by atoms with Gasteiger partial charge in [-0.1, -0.05) is 20.8 Å². The van der Waals surface area contributed by atoms with Gasteiger partial charge in [-0.3, -0.25) is 0 Å². The molecule has 0 spiro atoms. The van der Waals surface area contributed by atoms with Crippen molar-refractivity contribution in [1.82, 2.24) is 15.4 Å². The second-order valence-electron chi connectivity index (χ2n) is 3.76. The second-order valence-corrected chi connectivity index (χ2v) is 3.76. The van der Waals surface area contributed by atoms with Crippen LogP contribution in [0.25, 0.3) is 0 Å². The predicted molar refractivity (Wildman–Crippen MR) is 45.7 cm³/mol. The first-order valence-electron chi connectivity index (χ1n) is 4.04. The number of rotatable bonds is 3. The molecule has 4 nitrogen and oxygen atoms in total. The van der Waals surface area contributed by atoms with E-state index in [1.807, 2.05) is 20.8 Å². The van der Waals surface area contributed by atoms with E-state index in [1.54, 1.807) is 6.20 Å². The number of H-pyrrole nitrogens is 1. The van der Waals surface area contributed by atoms with E-state index in [1.165, 1.54) is 0 Å². The standard InChI is InChI=1S/C8H15N3O/c1-6(8(2,3)5-12)7-4-9-11-10-7/h4,6,12H,5H2,1-3H3,(H,9,10,11). The lowest BCUT2D eigenvalue weighted by molar-refractivity contribution is 0.135. The van der Waals surface area contributed by atoms with E-state index in [-0.39, 0.29) is 17.9 Å². The molecule has 0 radical (unpaired) electrons. The summed E-state index contributed by atoms with van der Waals surface area (Å²) in [5.41, 5.74) is 0.755. The molecule has 1 aromatic heterocycles. The first kappa shape index (κ1) is 9.19. The summed E-state index contributed by atoms with van der Waals surface area (Å²) in [6.07, 6.45) is 1.70. The molecule has 0 saturated heterocycles. The highest BCUT2D eigenvalue weighted by Gasteiger charge is 2.27. The van der Waals surface area contributed by atoms with Gasteiger partial charge in [0.2, 0.25) is 0 Å². The number of aromatic amines is 1. The average molecular weight is 169 g/mol. The Labute approximate surface area is 72.0 Å². The number of aliphatic hydroxyl groups is 1. The maximum atomic E-state index is 9.10. The molecule has 1 rings (SSSR count). The van der Waals surface area contributed by atoms with Crippen molar-refractivity contribution in [3.63, 3.8) is 0 Å². The molecule has 4 heteroatoms. The molecule has 1 heterocycles. The molecule has 1 atom stereocenters. The van der Waals surface area contributed by atoms with E-state index in [9.17, 15) is 0 Å². The third-order valence-electron chi connectivity index (χ3n) is 2.46. The minimum absolute atomic E-state index is 0.142. The van der Waals surface area contributed by atoms with E-state index >= 15 is 0 Å². The number of aliphatic hydroxyl groups excluding tert-OH is 1. The van der Waals surface area contributed by atoms with E-state index in [0.717, 1.165) is 5.69 Å². The van der Waals surface area contributed by atoms with Crippen LogP contribution in [0.5, 0.6) is 0 Å². The SMILES string of the molecule is CC(c1cn[nH]n1)C(C)(C)CO. The van der Waals surface area contributed by atoms with Crippen molar-refractivity contribution in [3.8, 4) is 0 Å². The zero-order valence-electron chi connectivity index (χ0n) is 7.70. The van der Waals surface area contributed by atoms with Crippen LogP contribution in [0.3, 0.4) is 0 Å².